The van der Waals surface area contributed by atoms with Gasteiger partial charge in [-0.05, 0) is 36.6 Å². The third kappa shape index (κ3) is 2.41. The van der Waals surface area contributed by atoms with Gasteiger partial charge in [0.05, 0.1) is 11.5 Å². The van der Waals surface area contributed by atoms with Crippen molar-refractivity contribution in [2.75, 3.05) is 5.73 Å². The van der Waals surface area contributed by atoms with Crippen LogP contribution in [0.4, 0.5) is 5.69 Å². The normalized spacial score (nSPS) is 16.1. The summed E-state index contributed by atoms with van der Waals surface area (Å²) < 4.78 is 0. The number of fused-ring (bicyclic) bond motifs is 1. The monoisotopic (exact) mass is 331 g/mol. The van der Waals surface area contributed by atoms with E-state index < -0.39 is 11.8 Å². The lowest BCUT2D eigenvalue weighted by atomic mass is 9.90. The number of carbonyl (C=O) groups is 2. The van der Waals surface area contributed by atoms with Crippen LogP contribution in [0.25, 0.3) is 0 Å². The van der Waals surface area contributed by atoms with Gasteiger partial charge in [0.25, 0.3) is 5.91 Å². The number of rotatable bonds is 3. The van der Waals surface area contributed by atoms with Crippen LogP contribution in [-0.2, 0) is 6.42 Å². The second-order valence-electron chi connectivity index (χ2n) is 5.40. The number of aromatic hydroxyl groups is 1. The first kappa shape index (κ1) is 15.3. The van der Waals surface area contributed by atoms with E-state index in [1.165, 1.54) is 18.3 Å². The van der Waals surface area contributed by atoms with Gasteiger partial charge in [0.2, 0.25) is 0 Å². The van der Waals surface area contributed by atoms with Gasteiger partial charge in [-0.1, -0.05) is 11.6 Å². The first-order valence-electron chi connectivity index (χ1n) is 7.00. The number of hydrogen-bond acceptors (Lipinski definition) is 5. The molecule has 0 radical (unpaired) electrons. The molecule has 7 heteroatoms. The number of amides is 1. The first-order valence-corrected chi connectivity index (χ1v) is 7.38. The van der Waals surface area contributed by atoms with E-state index in [4.69, 9.17) is 23.1 Å². The van der Waals surface area contributed by atoms with Crippen LogP contribution < -0.4 is 11.5 Å². The molecule has 1 aromatic heterocycles. The Hall–Kier alpha value is -2.60. The number of ketones is 1. The quantitative estimate of drug-likeness (QED) is 0.743. The van der Waals surface area contributed by atoms with Crippen LogP contribution in [0.1, 0.15) is 44.3 Å². The third-order valence-electron chi connectivity index (χ3n) is 4.09. The van der Waals surface area contributed by atoms with E-state index in [0.29, 0.717) is 23.4 Å². The number of nitrogens with two attached hydrogens (primary N) is 2. The molecule has 0 spiro atoms. The Labute approximate surface area is 137 Å². The molecule has 0 saturated carbocycles. The summed E-state index contributed by atoms with van der Waals surface area (Å²) in [5.41, 5.74) is 12.3. The lowest BCUT2D eigenvalue weighted by Gasteiger charge is -2.15. The van der Waals surface area contributed by atoms with Gasteiger partial charge < -0.3 is 16.6 Å². The van der Waals surface area contributed by atoms with Crippen LogP contribution >= 0.6 is 11.6 Å². The Balaban J connectivity index is 2.13. The molecule has 0 bridgehead atoms. The molecular formula is C16H14ClN3O3. The van der Waals surface area contributed by atoms with Gasteiger partial charge in [-0.25, -0.2) is 0 Å². The van der Waals surface area contributed by atoms with E-state index in [2.05, 4.69) is 4.98 Å². The summed E-state index contributed by atoms with van der Waals surface area (Å²) in [4.78, 5) is 28.3. The number of benzene rings is 1. The molecule has 1 heterocycles. The van der Waals surface area contributed by atoms with Crippen LogP contribution in [0.3, 0.4) is 0 Å². The van der Waals surface area contributed by atoms with Crippen molar-refractivity contribution in [3.8, 4) is 5.75 Å². The zero-order valence-electron chi connectivity index (χ0n) is 12.0. The SMILES string of the molecule is NC(=O)c1nccc(N)c1C(=O)C1CCc2c(Cl)ccc(O)c21. The van der Waals surface area contributed by atoms with Crippen molar-refractivity contribution in [1.82, 2.24) is 4.98 Å². The highest BCUT2D eigenvalue weighted by atomic mass is 35.5. The fraction of sp³-hybridized carbons (Fsp3) is 0.188. The van der Waals surface area contributed by atoms with Crippen molar-refractivity contribution in [3.05, 3.63) is 51.8 Å². The van der Waals surface area contributed by atoms with Crippen LogP contribution in [0.2, 0.25) is 5.02 Å². The molecule has 118 valence electrons. The van der Waals surface area contributed by atoms with E-state index in [-0.39, 0.29) is 28.5 Å². The van der Waals surface area contributed by atoms with Crippen molar-refractivity contribution in [1.29, 1.82) is 0 Å². The largest absolute Gasteiger partial charge is 0.508 e. The molecule has 1 aliphatic rings. The Kier molecular flexibility index (Phi) is 3.69. The number of nitrogens with zero attached hydrogens (tertiary/aromatic N) is 1. The molecule has 6 nitrogen and oxygen atoms in total. The molecule has 1 aliphatic carbocycles. The number of anilines is 1. The molecule has 3 rings (SSSR count). The van der Waals surface area contributed by atoms with Gasteiger partial charge >= 0.3 is 0 Å². The Morgan fingerprint density at radius 1 is 1.30 bits per heavy atom. The predicted octanol–water partition coefficient (Wildman–Crippen LogP) is 2.03. The summed E-state index contributed by atoms with van der Waals surface area (Å²) in [5.74, 6) is -1.84. The predicted molar refractivity (Wildman–Crippen MR) is 85.7 cm³/mol. The maximum atomic E-state index is 12.9. The lowest BCUT2D eigenvalue weighted by molar-refractivity contribution is 0.0938. The van der Waals surface area contributed by atoms with E-state index in [0.717, 1.165) is 5.56 Å². The van der Waals surface area contributed by atoms with Gasteiger partial charge in [0.1, 0.15) is 11.4 Å². The first-order chi connectivity index (χ1) is 10.9. The van der Waals surface area contributed by atoms with E-state index in [1.807, 2.05) is 0 Å². The molecule has 0 fully saturated rings. The summed E-state index contributed by atoms with van der Waals surface area (Å²) >= 11 is 6.14. The number of phenolic OH excluding ortho intramolecular Hbond substituents is 1. The van der Waals surface area contributed by atoms with Crippen LogP contribution in [0.15, 0.2) is 24.4 Å². The lowest BCUT2D eigenvalue weighted by Crippen LogP contribution is -2.22. The van der Waals surface area contributed by atoms with Crippen molar-refractivity contribution < 1.29 is 14.7 Å². The fourth-order valence-electron chi connectivity index (χ4n) is 3.06. The van der Waals surface area contributed by atoms with E-state index >= 15 is 0 Å². The van der Waals surface area contributed by atoms with Crippen LogP contribution in [0.5, 0.6) is 5.75 Å². The molecule has 1 amide bonds. The summed E-state index contributed by atoms with van der Waals surface area (Å²) in [6.45, 7) is 0. The third-order valence-corrected chi connectivity index (χ3v) is 4.44. The van der Waals surface area contributed by atoms with E-state index in [1.54, 1.807) is 6.07 Å². The van der Waals surface area contributed by atoms with E-state index in [9.17, 15) is 14.7 Å². The summed E-state index contributed by atoms with van der Waals surface area (Å²) in [6.07, 6.45) is 2.35. The van der Waals surface area contributed by atoms with Gasteiger partial charge in [0, 0.05) is 22.5 Å². The highest BCUT2D eigenvalue weighted by molar-refractivity contribution is 6.31. The van der Waals surface area contributed by atoms with Gasteiger partial charge in [0.15, 0.2) is 5.78 Å². The van der Waals surface area contributed by atoms with Crippen molar-refractivity contribution in [3.63, 3.8) is 0 Å². The number of nitrogen functional groups attached to an aromatic ring is 1. The molecule has 1 unspecified atom stereocenters. The second kappa shape index (κ2) is 5.55. The number of aromatic nitrogens is 1. The topological polar surface area (TPSA) is 119 Å². The summed E-state index contributed by atoms with van der Waals surface area (Å²) in [7, 11) is 0. The summed E-state index contributed by atoms with van der Waals surface area (Å²) in [6, 6.07) is 4.48. The molecule has 23 heavy (non-hydrogen) atoms. The molecular weight excluding hydrogens is 318 g/mol. The summed E-state index contributed by atoms with van der Waals surface area (Å²) in [5, 5.41) is 10.6. The highest BCUT2D eigenvalue weighted by Gasteiger charge is 2.35. The number of Topliss-reactive ketones (excluding diaryl/α,β-unsaturated/α-hetero) is 1. The Bertz CT molecular complexity index is 836. The molecule has 2 aromatic rings. The van der Waals surface area contributed by atoms with Crippen LogP contribution in [0, 0.1) is 0 Å². The average Bonchev–Trinajstić information content (AvgIpc) is 2.96. The van der Waals surface area contributed by atoms with Gasteiger partial charge in [-0.2, -0.15) is 0 Å². The zero-order valence-corrected chi connectivity index (χ0v) is 12.8. The Morgan fingerprint density at radius 2 is 2.04 bits per heavy atom. The molecule has 5 N–H and O–H groups in total. The minimum absolute atomic E-state index is 0.00257. The zero-order chi connectivity index (χ0) is 16.7. The Morgan fingerprint density at radius 3 is 2.74 bits per heavy atom. The smallest absolute Gasteiger partial charge is 0.268 e. The molecule has 1 atom stereocenters. The number of pyridine rings is 1. The number of phenols is 1. The minimum Gasteiger partial charge on any atom is -0.508 e. The maximum absolute atomic E-state index is 12.9. The van der Waals surface area contributed by atoms with Crippen molar-refractivity contribution >= 4 is 29.0 Å². The standard InChI is InChI=1S/C16H14ClN3O3/c17-9-3-4-11(21)12-7(9)1-2-8(12)15(22)13-10(18)5-6-20-14(13)16(19)23/h3-6,8,21H,1-2H2,(H2,18,20)(H2,19,23). The number of halogens is 1. The van der Waals surface area contributed by atoms with Crippen LogP contribution in [-0.4, -0.2) is 21.8 Å². The number of primary amides is 1. The van der Waals surface area contributed by atoms with Gasteiger partial charge in [-0.15, -0.1) is 0 Å². The van der Waals surface area contributed by atoms with Gasteiger partial charge in [-0.3, -0.25) is 14.6 Å². The number of hydrogen-bond donors (Lipinski definition) is 3. The van der Waals surface area contributed by atoms with Crippen molar-refractivity contribution in [2.24, 2.45) is 5.73 Å². The molecule has 1 aromatic carbocycles. The van der Waals surface area contributed by atoms with Crippen molar-refractivity contribution in [2.45, 2.75) is 18.8 Å². The maximum Gasteiger partial charge on any atom is 0.268 e. The average molecular weight is 332 g/mol. The molecule has 0 saturated heterocycles. The number of carbonyl (C=O) groups excluding carboxylic acids is 2. The highest BCUT2D eigenvalue weighted by Crippen LogP contribution is 2.44. The fourth-order valence-corrected chi connectivity index (χ4v) is 3.32. The minimum atomic E-state index is -0.825. The second-order valence-corrected chi connectivity index (χ2v) is 5.81. The molecule has 0 aliphatic heterocycles.